The third kappa shape index (κ3) is 70.5. The maximum atomic E-state index is 12.9. The van der Waals surface area contributed by atoms with Gasteiger partial charge in [-0.25, -0.2) is 0 Å². The van der Waals surface area contributed by atoms with Gasteiger partial charge < -0.3 is 27.9 Å². The quantitative estimate of drug-likeness (QED) is 0.0195. The fourth-order valence-corrected chi connectivity index (χ4v) is 9.70. The first-order valence-electron chi connectivity index (χ1n) is 34.8. The van der Waals surface area contributed by atoms with Crippen molar-refractivity contribution in [1.29, 1.82) is 0 Å². The first-order valence-corrected chi connectivity index (χ1v) is 36.3. The van der Waals surface area contributed by atoms with Crippen molar-refractivity contribution in [2.24, 2.45) is 0 Å². The van der Waals surface area contributed by atoms with Crippen LogP contribution in [0, 0.1) is 0 Å². The molecule has 0 aliphatic carbocycles. The normalized spacial score (nSPS) is 14.2. The third-order valence-corrected chi connectivity index (χ3v) is 15.2. The fourth-order valence-electron chi connectivity index (χ4n) is 8.97. The number of likely N-dealkylation sites (N-methyl/N-ethyl adjacent to an activating group) is 1. The summed E-state index contributed by atoms with van der Waals surface area (Å²) in [6, 6.07) is 0. The van der Waals surface area contributed by atoms with E-state index < -0.39 is 32.5 Å². The topological polar surface area (TPSA) is 111 Å². The van der Waals surface area contributed by atoms with Gasteiger partial charge in [-0.1, -0.05) is 287 Å². The molecule has 0 saturated carbocycles. The Morgan fingerprint density at radius 3 is 0.909 bits per heavy atom. The molecular weight excluding hydrogens is 1110 g/mol. The Balaban J connectivity index is 4.12. The summed E-state index contributed by atoms with van der Waals surface area (Å²) in [7, 11) is 1.14. The van der Waals surface area contributed by atoms with E-state index in [1.54, 1.807) is 0 Å². The molecule has 10 heteroatoms. The zero-order valence-corrected chi connectivity index (χ0v) is 57.5. The molecule has 0 saturated heterocycles. The molecule has 0 aromatic carbocycles. The summed E-state index contributed by atoms with van der Waals surface area (Å²) >= 11 is 0. The number of esters is 2. The zero-order valence-electron chi connectivity index (χ0n) is 56.6. The van der Waals surface area contributed by atoms with Crippen molar-refractivity contribution in [3.05, 3.63) is 170 Å². The van der Waals surface area contributed by atoms with E-state index in [1.807, 2.05) is 21.1 Å². The van der Waals surface area contributed by atoms with Crippen LogP contribution in [0.1, 0.15) is 258 Å². The summed E-state index contributed by atoms with van der Waals surface area (Å²) in [6.45, 7) is 3.98. The van der Waals surface area contributed by atoms with Gasteiger partial charge >= 0.3 is 11.9 Å². The van der Waals surface area contributed by atoms with Crippen molar-refractivity contribution in [1.82, 2.24) is 0 Å². The van der Waals surface area contributed by atoms with Crippen LogP contribution in [-0.4, -0.2) is 70.0 Å². The van der Waals surface area contributed by atoms with E-state index in [4.69, 9.17) is 18.5 Å². The molecule has 0 aromatic rings. The van der Waals surface area contributed by atoms with Gasteiger partial charge in [-0.3, -0.25) is 14.2 Å². The number of phosphoric acid groups is 1. The van der Waals surface area contributed by atoms with Crippen LogP contribution in [0.2, 0.25) is 0 Å². The number of carbonyl (C=O) groups excluding carboxylic acids is 2. The summed E-state index contributed by atoms with van der Waals surface area (Å²) in [5, 5.41) is 0. The minimum atomic E-state index is -4.66. The first-order chi connectivity index (χ1) is 43.0. The van der Waals surface area contributed by atoms with E-state index in [2.05, 4.69) is 184 Å². The standard InChI is InChI=1S/C78H128NO8P/c1-6-8-10-12-14-16-18-20-22-24-26-28-30-32-34-35-36-37-38-39-40-41-42-43-45-47-49-51-53-55-57-59-61-63-65-67-69-71-78(81)87-76(75-86-88(82,83)85-73-72-79(3,4)5)74-84-77(80)70-68-66-64-62-60-58-56-54-52-50-48-46-44-33-31-29-27-25-23-21-19-17-15-13-11-9-7-2/h8-11,14-17,20-23,26-29,32-34,36-37,39-40,44,48,50,54,56,76H,6-7,12-13,18-19,24-25,30-31,35,38,41-43,45-47,49,51-53,55,57-75H2,1-5H3/b10-8-,11-9-,16-14-,17-15-,22-20-,23-21-,28-26-,29-27-,34-32-,37-36-,40-39-,44-33-,50-48-,56-54-. The summed E-state index contributed by atoms with van der Waals surface area (Å²) < 4.78 is 34.3. The predicted molar refractivity (Wildman–Crippen MR) is 378 cm³/mol. The van der Waals surface area contributed by atoms with E-state index in [0.29, 0.717) is 23.9 Å². The highest BCUT2D eigenvalue weighted by Crippen LogP contribution is 2.38. The molecule has 0 N–H and O–H groups in total. The number of hydrogen-bond donors (Lipinski definition) is 0. The van der Waals surface area contributed by atoms with Gasteiger partial charge in [0.1, 0.15) is 19.8 Å². The molecule has 2 atom stereocenters. The lowest BCUT2D eigenvalue weighted by atomic mass is 10.0. The molecule has 0 aromatic heterocycles. The number of nitrogens with zero attached hydrogens (tertiary/aromatic N) is 1. The second kappa shape index (κ2) is 66.8. The smallest absolute Gasteiger partial charge is 0.306 e. The average Bonchev–Trinajstić information content (AvgIpc) is 3.68. The van der Waals surface area contributed by atoms with Crippen LogP contribution in [0.4, 0.5) is 0 Å². The van der Waals surface area contributed by atoms with E-state index in [-0.39, 0.29) is 26.1 Å². The molecule has 9 nitrogen and oxygen atoms in total. The number of hydrogen-bond acceptors (Lipinski definition) is 8. The van der Waals surface area contributed by atoms with Gasteiger partial charge in [-0.15, -0.1) is 0 Å². The Morgan fingerprint density at radius 2 is 0.614 bits per heavy atom. The van der Waals surface area contributed by atoms with Crippen LogP contribution in [0.3, 0.4) is 0 Å². The van der Waals surface area contributed by atoms with E-state index >= 15 is 0 Å². The summed E-state index contributed by atoms with van der Waals surface area (Å²) in [4.78, 5) is 38.1. The Morgan fingerprint density at radius 1 is 0.352 bits per heavy atom. The molecule has 88 heavy (non-hydrogen) atoms. The van der Waals surface area contributed by atoms with Crippen molar-refractivity contribution >= 4 is 19.8 Å². The number of carbonyl (C=O) groups is 2. The van der Waals surface area contributed by atoms with Crippen LogP contribution in [0.5, 0.6) is 0 Å². The molecule has 0 aliphatic heterocycles. The minimum absolute atomic E-state index is 0.0425. The lowest BCUT2D eigenvalue weighted by molar-refractivity contribution is -0.870. The SMILES string of the molecule is CC/C=C\C/C=C\C/C=C\C/C=C\C/C=C\C/C=C\C/C=C\CCCCCCCCCCCCCCCCCC(=O)OC(COC(=O)CCCCCCC/C=C\C/C=C\C/C=C\C/C=C\C/C=C\C/C=C\C/C=C\CC)COP(=O)([O-])OCC[N+](C)(C)C. The number of phosphoric ester groups is 1. The second-order valence-corrected chi connectivity index (χ2v) is 25.2. The highest BCUT2D eigenvalue weighted by atomic mass is 31.2. The first kappa shape index (κ1) is 83.4. The molecular formula is C78H128NO8P. The zero-order chi connectivity index (χ0) is 64.1. The highest BCUT2D eigenvalue weighted by Gasteiger charge is 2.22. The Kier molecular flexibility index (Phi) is 63.3. The molecule has 0 amide bonds. The van der Waals surface area contributed by atoms with Crippen LogP contribution in [-0.2, 0) is 32.7 Å². The average molecular weight is 1240 g/mol. The third-order valence-electron chi connectivity index (χ3n) is 14.2. The van der Waals surface area contributed by atoms with Gasteiger partial charge in [0.25, 0.3) is 7.82 Å². The van der Waals surface area contributed by atoms with Crippen molar-refractivity contribution in [3.63, 3.8) is 0 Å². The summed E-state index contributed by atoms with van der Waals surface area (Å²) in [5.41, 5.74) is 0. The number of rotatable bonds is 62. The Bertz CT molecular complexity index is 2090. The van der Waals surface area contributed by atoms with Crippen LogP contribution < -0.4 is 4.89 Å². The molecule has 0 radical (unpaired) electrons. The van der Waals surface area contributed by atoms with Crippen molar-refractivity contribution in [2.75, 3.05) is 47.5 Å². The van der Waals surface area contributed by atoms with Gasteiger partial charge in [0, 0.05) is 12.8 Å². The maximum Gasteiger partial charge on any atom is 0.306 e. The van der Waals surface area contributed by atoms with Crippen molar-refractivity contribution < 1.29 is 42.1 Å². The van der Waals surface area contributed by atoms with Crippen LogP contribution in [0.15, 0.2) is 170 Å². The molecule has 0 bridgehead atoms. The van der Waals surface area contributed by atoms with E-state index in [1.165, 1.54) is 77.0 Å². The number of unbranched alkanes of at least 4 members (excludes halogenated alkanes) is 20. The lowest BCUT2D eigenvalue weighted by Gasteiger charge is -2.28. The molecule has 0 aliphatic rings. The van der Waals surface area contributed by atoms with Gasteiger partial charge in [-0.05, 0) is 128 Å². The fraction of sp³-hybridized carbons (Fsp3) is 0.615. The minimum Gasteiger partial charge on any atom is -0.756 e. The van der Waals surface area contributed by atoms with Gasteiger partial charge in [0.15, 0.2) is 6.10 Å². The summed E-state index contributed by atoms with van der Waals surface area (Å²) in [6.07, 6.45) is 101. The number of ether oxygens (including phenoxy) is 2. The molecule has 2 unspecified atom stereocenters. The second-order valence-electron chi connectivity index (χ2n) is 23.8. The van der Waals surface area contributed by atoms with E-state index in [0.717, 1.165) is 141 Å². The molecule has 0 rings (SSSR count). The maximum absolute atomic E-state index is 12.9. The molecule has 0 heterocycles. The van der Waals surface area contributed by atoms with Crippen molar-refractivity contribution in [3.8, 4) is 0 Å². The number of allylic oxidation sites excluding steroid dienone is 28. The molecule has 0 spiro atoms. The van der Waals surface area contributed by atoms with Crippen LogP contribution >= 0.6 is 7.82 Å². The number of quaternary nitrogens is 1. The van der Waals surface area contributed by atoms with E-state index in [9.17, 15) is 19.0 Å². The van der Waals surface area contributed by atoms with Gasteiger partial charge in [0.2, 0.25) is 0 Å². The van der Waals surface area contributed by atoms with Crippen molar-refractivity contribution in [2.45, 2.75) is 264 Å². The summed E-state index contributed by atoms with van der Waals surface area (Å²) in [5.74, 6) is -0.863. The van der Waals surface area contributed by atoms with Gasteiger partial charge in [0.05, 0.1) is 27.7 Å². The lowest BCUT2D eigenvalue weighted by Crippen LogP contribution is -2.37. The molecule has 0 fully saturated rings. The Labute approximate surface area is 540 Å². The largest absolute Gasteiger partial charge is 0.756 e. The molecule has 498 valence electrons. The van der Waals surface area contributed by atoms with Crippen LogP contribution in [0.25, 0.3) is 0 Å². The predicted octanol–water partition coefficient (Wildman–Crippen LogP) is 22.3. The highest BCUT2D eigenvalue weighted by molar-refractivity contribution is 7.45. The Hall–Kier alpha value is -4.63. The monoisotopic (exact) mass is 1240 g/mol. The van der Waals surface area contributed by atoms with Gasteiger partial charge in [-0.2, -0.15) is 0 Å².